The van der Waals surface area contributed by atoms with Gasteiger partial charge >= 0.3 is 6.18 Å². The van der Waals surface area contributed by atoms with Crippen LogP contribution in [0.4, 0.5) is 18.9 Å². The Labute approximate surface area is 190 Å². The quantitative estimate of drug-likeness (QED) is 0.607. The molecular formula is C25H25F3N2O3. The van der Waals surface area contributed by atoms with E-state index in [1.54, 1.807) is 24.3 Å². The minimum Gasteiger partial charge on any atom is -0.497 e. The molecule has 2 aromatic rings. The van der Waals surface area contributed by atoms with Crippen molar-refractivity contribution in [3.05, 3.63) is 65.4 Å². The number of carbonyl (C=O) groups excluding carboxylic acids is 2. The predicted molar refractivity (Wildman–Crippen MR) is 118 cm³/mol. The Kier molecular flexibility index (Phi) is 5.95. The number of anilines is 1. The van der Waals surface area contributed by atoms with Crippen molar-refractivity contribution < 1.29 is 27.5 Å². The molecule has 1 saturated heterocycles. The molecule has 0 aromatic heterocycles. The number of hydrogen-bond acceptors (Lipinski definition) is 4. The average Bonchev–Trinajstić information content (AvgIpc) is 3.02. The highest BCUT2D eigenvalue weighted by atomic mass is 19.4. The van der Waals surface area contributed by atoms with Crippen LogP contribution < -0.4 is 9.64 Å². The van der Waals surface area contributed by atoms with Gasteiger partial charge < -0.3 is 9.64 Å². The minimum absolute atomic E-state index is 0.0982. The van der Waals surface area contributed by atoms with Crippen LogP contribution in [0.1, 0.15) is 31.4 Å². The summed E-state index contributed by atoms with van der Waals surface area (Å²) in [6.45, 7) is 5.35. The number of likely N-dealkylation sites (tertiary alicyclic amines) is 1. The maximum atomic E-state index is 13.6. The van der Waals surface area contributed by atoms with Gasteiger partial charge in [0.05, 0.1) is 23.9 Å². The van der Waals surface area contributed by atoms with Crippen LogP contribution in [0, 0.1) is 11.8 Å². The fourth-order valence-electron chi connectivity index (χ4n) is 4.73. The molecule has 2 amide bonds. The van der Waals surface area contributed by atoms with Crippen molar-refractivity contribution in [2.45, 2.75) is 26.4 Å². The first-order valence-corrected chi connectivity index (χ1v) is 10.8. The molecule has 5 nitrogen and oxygen atoms in total. The van der Waals surface area contributed by atoms with Gasteiger partial charge in [0.2, 0.25) is 0 Å². The van der Waals surface area contributed by atoms with Crippen LogP contribution in [-0.2, 0) is 15.8 Å². The monoisotopic (exact) mass is 458 g/mol. The van der Waals surface area contributed by atoms with Crippen LogP contribution in [0.2, 0.25) is 0 Å². The number of ether oxygens (including phenoxy) is 1. The van der Waals surface area contributed by atoms with E-state index < -0.39 is 23.6 Å². The van der Waals surface area contributed by atoms with Gasteiger partial charge in [-0.1, -0.05) is 32.0 Å². The summed E-state index contributed by atoms with van der Waals surface area (Å²) >= 11 is 0. The molecule has 0 N–H and O–H groups in total. The molecular weight excluding hydrogens is 433 g/mol. The number of nitrogens with zero attached hydrogens (tertiary/aromatic N) is 2. The minimum atomic E-state index is -4.59. The molecule has 0 spiro atoms. The Morgan fingerprint density at radius 3 is 2.15 bits per heavy atom. The van der Waals surface area contributed by atoms with Gasteiger partial charge in [-0.25, -0.2) is 4.90 Å². The third kappa shape index (κ3) is 4.34. The Hall–Kier alpha value is -3.29. The number of benzene rings is 2. The molecule has 8 heteroatoms. The smallest absolute Gasteiger partial charge is 0.416 e. The van der Waals surface area contributed by atoms with Crippen molar-refractivity contribution in [1.82, 2.24) is 4.90 Å². The van der Waals surface area contributed by atoms with E-state index in [4.69, 9.17) is 4.74 Å². The number of carbonyl (C=O) groups is 2. The van der Waals surface area contributed by atoms with Crippen LogP contribution in [0.15, 0.2) is 54.2 Å². The van der Waals surface area contributed by atoms with E-state index in [0.29, 0.717) is 36.2 Å². The lowest BCUT2D eigenvalue weighted by Crippen LogP contribution is -2.42. The molecule has 0 bridgehead atoms. The molecule has 2 atom stereocenters. The van der Waals surface area contributed by atoms with E-state index >= 15 is 0 Å². The van der Waals surface area contributed by atoms with Crippen LogP contribution >= 0.6 is 0 Å². The van der Waals surface area contributed by atoms with Crippen molar-refractivity contribution >= 4 is 23.1 Å². The van der Waals surface area contributed by atoms with E-state index in [2.05, 4.69) is 13.8 Å². The predicted octanol–water partition coefficient (Wildman–Crippen LogP) is 4.98. The highest BCUT2D eigenvalue weighted by molar-refractivity contribution is 6.45. The average molecular weight is 458 g/mol. The molecule has 2 heterocycles. The summed E-state index contributed by atoms with van der Waals surface area (Å²) in [6, 6.07) is 11.1. The standard InChI is InChI=1S/C25H25F3N2O3/c1-15-11-16(2)14-29(13-15)22-21(17-7-9-20(33-3)10-8-17)23(31)30(24(22)32)19-6-4-5-18(12-19)25(26,27)28/h4-10,12,15-16H,11,13-14H2,1-3H3. The number of rotatable bonds is 4. The van der Waals surface area contributed by atoms with Gasteiger partial charge in [-0.05, 0) is 54.2 Å². The summed E-state index contributed by atoms with van der Waals surface area (Å²) in [5.41, 5.74) is -0.0638. The van der Waals surface area contributed by atoms with Gasteiger partial charge in [0.1, 0.15) is 11.4 Å². The van der Waals surface area contributed by atoms with E-state index in [-0.39, 0.29) is 17.0 Å². The van der Waals surface area contributed by atoms with Crippen LogP contribution in [0.25, 0.3) is 5.57 Å². The second-order valence-corrected chi connectivity index (χ2v) is 8.80. The van der Waals surface area contributed by atoms with Gasteiger partial charge in [0, 0.05) is 13.1 Å². The SMILES string of the molecule is COc1ccc(C2=C(N3CC(C)CC(C)C3)C(=O)N(c3cccc(C(F)(F)F)c3)C2=O)cc1. The number of alkyl halides is 3. The molecule has 33 heavy (non-hydrogen) atoms. The van der Waals surface area contributed by atoms with Crippen molar-refractivity contribution in [3.63, 3.8) is 0 Å². The van der Waals surface area contributed by atoms with Crippen LogP contribution in [0.3, 0.4) is 0 Å². The number of piperidine rings is 1. The summed E-state index contributed by atoms with van der Waals surface area (Å²) < 4.78 is 45.1. The first-order valence-electron chi connectivity index (χ1n) is 10.8. The zero-order valence-corrected chi connectivity index (χ0v) is 18.6. The summed E-state index contributed by atoms with van der Waals surface area (Å²) in [6.07, 6.45) is -3.59. The first-order chi connectivity index (χ1) is 15.6. The molecule has 4 rings (SSSR count). The number of amides is 2. The molecule has 174 valence electrons. The molecule has 0 saturated carbocycles. The third-order valence-electron chi connectivity index (χ3n) is 6.05. The Balaban J connectivity index is 1.82. The number of imide groups is 1. The molecule has 1 fully saturated rings. The van der Waals surface area contributed by atoms with E-state index in [1.807, 2.05) is 4.90 Å². The molecule has 0 radical (unpaired) electrons. The first kappa shape index (κ1) is 22.9. The van der Waals surface area contributed by atoms with Crippen molar-refractivity contribution in [3.8, 4) is 5.75 Å². The molecule has 2 unspecified atom stereocenters. The van der Waals surface area contributed by atoms with E-state index in [0.717, 1.165) is 23.5 Å². The number of hydrogen-bond donors (Lipinski definition) is 0. The van der Waals surface area contributed by atoms with Gasteiger partial charge in [-0.3, -0.25) is 9.59 Å². The van der Waals surface area contributed by atoms with E-state index in [1.165, 1.54) is 19.2 Å². The Morgan fingerprint density at radius 1 is 0.939 bits per heavy atom. The molecule has 2 aromatic carbocycles. The van der Waals surface area contributed by atoms with Crippen LogP contribution in [0.5, 0.6) is 5.75 Å². The second-order valence-electron chi connectivity index (χ2n) is 8.80. The number of methoxy groups -OCH3 is 1. The summed E-state index contributed by atoms with van der Waals surface area (Å²) in [7, 11) is 1.52. The summed E-state index contributed by atoms with van der Waals surface area (Å²) in [4.78, 5) is 29.9. The largest absolute Gasteiger partial charge is 0.497 e. The lowest BCUT2D eigenvalue weighted by Gasteiger charge is -2.37. The van der Waals surface area contributed by atoms with Gasteiger partial charge in [0.25, 0.3) is 11.8 Å². The van der Waals surface area contributed by atoms with Crippen molar-refractivity contribution in [1.29, 1.82) is 0 Å². The topological polar surface area (TPSA) is 49.9 Å². The summed E-state index contributed by atoms with van der Waals surface area (Å²) in [5.74, 6) is -0.0304. The summed E-state index contributed by atoms with van der Waals surface area (Å²) in [5, 5.41) is 0. The maximum Gasteiger partial charge on any atom is 0.416 e. The Bertz CT molecular complexity index is 1100. The lowest BCUT2D eigenvalue weighted by atomic mass is 9.91. The van der Waals surface area contributed by atoms with Gasteiger partial charge in [0.15, 0.2) is 0 Å². The zero-order valence-electron chi connectivity index (χ0n) is 18.6. The van der Waals surface area contributed by atoms with Crippen LogP contribution in [-0.4, -0.2) is 36.9 Å². The second kappa shape index (κ2) is 8.57. The molecule has 2 aliphatic rings. The highest BCUT2D eigenvalue weighted by Gasteiger charge is 2.44. The molecule has 0 aliphatic carbocycles. The third-order valence-corrected chi connectivity index (χ3v) is 6.05. The van der Waals surface area contributed by atoms with Gasteiger partial charge in [-0.2, -0.15) is 13.2 Å². The number of halogens is 3. The highest BCUT2D eigenvalue weighted by Crippen LogP contribution is 2.39. The molecule has 2 aliphatic heterocycles. The van der Waals surface area contributed by atoms with E-state index in [9.17, 15) is 22.8 Å². The lowest BCUT2D eigenvalue weighted by molar-refractivity contribution is -0.137. The zero-order chi connectivity index (χ0) is 23.9. The van der Waals surface area contributed by atoms with Crippen molar-refractivity contribution in [2.75, 3.05) is 25.1 Å². The normalized spacial score (nSPS) is 21.8. The maximum absolute atomic E-state index is 13.6. The Morgan fingerprint density at radius 2 is 1.58 bits per heavy atom. The fraction of sp³-hybridized carbons (Fsp3) is 0.360. The fourth-order valence-corrected chi connectivity index (χ4v) is 4.73. The van der Waals surface area contributed by atoms with Crippen molar-refractivity contribution in [2.24, 2.45) is 11.8 Å². The van der Waals surface area contributed by atoms with Gasteiger partial charge in [-0.15, -0.1) is 0 Å².